The van der Waals surface area contributed by atoms with E-state index in [1.54, 1.807) is 17.4 Å². The number of fused-ring (bicyclic) bond motifs is 2. The Balaban J connectivity index is 2.05. The monoisotopic (exact) mass is 301 g/mol. The van der Waals surface area contributed by atoms with Gasteiger partial charge in [0.25, 0.3) is 0 Å². The minimum atomic E-state index is -0.272. The number of nitrogens with two attached hydrogens (primary N) is 1. The number of benzene rings is 1. The quantitative estimate of drug-likeness (QED) is 0.777. The van der Waals surface area contributed by atoms with Crippen LogP contribution < -0.4 is 5.73 Å². The van der Waals surface area contributed by atoms with Gasteiger partial charge in [-0.3, -0.25) is 0 Å². The van der Waals surface area contributed by atoms with E-state index in [1.807, 2.05) is 6.07 Å². The van der Waals surface area contributed by atoms with Crippen molar-refractivity contribution in [1.82, 2.24) is 9.55 Å². The number of para-hydroxylation sites is 1. The zero-order chi connectivity index (χ0) is 14.6. The van der Waals surface area contributed by atoms with E-state index in [1.165, 1.54) is 22.9 Å². The van der Waals surface area contributed by atoms with Gasteiger partial charge in [-0.1, -0.05) is 6.07 Å². The van der Waals surface area contributed by atoms with Crippen LogP contribution in [0.25, 0.3) is 22.4 Å². The van der Waals surface area contributed by atoms with Crippen LogP contribution in [0.5, 0.6) is 0 Å². The zero-order valence-corrected chi connectivity index (χ0v) is 12.6. The molecule has 1 aliphatic rings. The molecule has 5 heteroatoms. The van der Waals surface area contributed by atoms with Crippen molar-refractivity contribution in [1.29, 1.82) is 0 Å². The molecule has 0 radical (unpaired) electrons. The average molecular weight is 301 g/mol. The van der Waals surface area contributed by atoms with Gasteiger partial charge in [0, 0.05) is 11.4 Å². The maximum absolute atomic E-state index is 14.0. The second-order valence-electron chi connectivity index (χ2n) is 5.38. The molecule has 21 heavy (non-hydrogen) atoms. The highest BCUT2D eigenvalue weighted by Gasteiger charge is 2.26. The van der Waals surface area contributed by atoms with Crippen molar-refractivity contribution in [3.05, 3.63) is 34.5 Å². The maximum Gasteiger partial charge on any atom is 0.151 e. The standard InChI is InChI=1S/C16H16FN3S/c1-2-20-11-7-4-6-10(17)14(11)19-16(20)13-9-5-3-8-12(9)21-15(13)18/h4,6-7H,2-3,5,8,18H2,1H3. The van der Waals surface area contributed by atoms with E-state index in [0.717, 1.165) is 41.3 Å². The molecule has 0 bridgehead atoms. The number of nitrogens with zero attached hydrogens (tertiary/aromatic N) is 2. The number of hydrogen-bond donors (Lipinski definition) is 1. The molecular weight excluding hydrogens is 285 g/mol. The van der Waals surface area contributed by atoms with Gasteiger partial charge in [-0.25, -0.2) is 9.37 Å². The molecule has 108 valence electrons. The Bertz CT molecular complexity index is 847. The van der Waals surface area contributed by atoms with E-state index in [9.17, 15) is 4.39 Å². The Morgan fingerprint density at radius 1 is 1.38 bits per heavy atom. The number of nitrogen functional groups attached to an aromatic ring is 1. The number of rotatable bonds is 2. The van der Waals surface area contributed by atoms with Gasteiger partial charge in [0.1, 0.15) is 11.3 Å². The predicted octanol–water partition coefficient (Wildman–Crippen LogP) is 3.99. The minimum absolute atomic E-state index is 0.272. The summed E-state index contributed by atoms with van der Waals surface area (Å²) in [7, 11) is 0. The van der Waals surface area contributed by atoms with Crippen LogP contribution in [0.15, 0.2) is 18.2 Å². The molecule has 0 amide bonds. The van der Waals surface area contributed by atoms with Crippen LogP contribution in [-0.2, 0) is 19.4 Å². The number of aromatic nitrogens is 2. The topological polar surface area (TPSA) is 43.8 Å². The fourth-order valence-electron chi connectivity index (χ4n) is 3.29. The van der Waals surface area contributed by atoms with Gasteiger partial charge < -0.3 is 10.3 Å². The molecule has 2 aromatic heterocycles. The fraction of sp³-hybridized carbons (Fsp3) is 0.312. The largest absolute Gasteiger partial charge is 0.390 e. The summed E-state index contributed by atoms with van der Waals surface area (Å²) in [5, 5.41) is 0.810. The molecule has 0 aliphatic heterocycles. The van der Waals surface area contributed by atoms with Gasteiger partial charge in [0.2, 0.25) is 0 Å². The maximum atomic E-state index is 14.0. The number of thiophene rings is 1. The fourth-order valence-corrected chi connectivity index (χ4v) is 4.45. The van der Waals surface area contributed by atoms with E-state index < -0.39 is 0 Å². The number of anilines is 1. The first-order valence-electron chi connectivity index (χ1n) is 7.25. The Morgan fingerprint density at radius 2 is 2.24 bits per heavy atom. The predicted molar refractivity (Wildman–Crippen MR) is 85.1 cm³/mol. The molecule has 0 fully saturated rings. The molecule has 0 unspecified atom stereocenters. The molecule has 1 aromatic carbocycles. The summed E-state index contributed by atoms with van der Waals surface area (Å²) in [4.78, 5) is 5.95. The first kappa shape index (κ1) is 12.8. The second kappa shape index (κ2) is 4.56. The summed E-state index contributed by atoms with van der Waals surface area (Å²) in [6.07, 6.45) is 3.33. The van der Waals surface area contributed by atoms with Gasteiger partial charge >= 0.3 is 0 Å². The Morgan fingerprint density at radius 3 is 3.05 bits per heavy atom. The van der Waals surface area contributed by atoms with Crippen molar-refractivity contribution >= 4 is 27.4 Å². The third-order valence-corrected chi connectivity index (χ3v) is 5.34. The Kier molecular flexibility index (Phi) is 2.79. The smallest absolute Gasteiger partial charge is 0.151 e. The van der Waals surface area contributed by atoms with E-state index in [4.69, 9.17) is 5.73 Å². The van der Waals surface area contributed by atoms with Crippen LogP contribution in [0.1, 0.15) is 23.8 Å². The van der Waals surface area contributed by atoms with Gasteiger partial charge in [-0.2, -0.15) is 0 Å². The van der Waals surface area contributed by atoms with Gasteiger partial charge in [0.15, 0.2) is 5.82 Å². The van der Waals surface area contributed by atoms with Gasteiger partial charge in [-0.05, 0) is 43.9 Å². The lowest BCUT2D eigenvalue weighted by molar-refractivity contribution is 0.637. The molecule has 2 heterocycles. The van der Waals surface area contributed by atoms with E-state index in [-0.39, 0.29) is 5.82 Å². The summed E-state index contributed by atoms with van der Waals surface area (Å²) in [5.41, 5.74) is 9.87. The lowest BCUT2D eigenvalue weighted by Gasteiger charge is -2.07. The summed E-state index contributed by atoms with van der Waals surface area (Å²) in [5.74, 6) is 0.542. The van der Waals surface area contributed by atoms with Crippen molar-refractivity contribution in [3.63, 3.8) is 0 Å². The van der Waals surface area contributed by atoms with Crippen molar-refractivity contribution in [3.8, 4) is 11.4 Å². The lowest BCUT2D eigenvalue weighted by atomic mass is 10.1. The minimum Gasteiger partial charge on any atom is -0.390 e. The van der Waals surface area contributed by atoms with Crippen LogP contribution >= 0.6 is 11.3 Å². The van der Waals surface area contributed by atoms with Crippen molar-refractivity contribution in [2.45, 2.75) is 32.7 Å². The van der Waals surface area contributed by atoms with Crippen LogP contribution in [-0.4, -0.2) is 9.55 Å². The molecular formula is C16H16FN3S. The molecule has 1 aliphatic carbocycles. The zero-order valence-electron chi connectivity index (χ0n) is 11.8. The SMILES string of the molecule is CCn1c(-c2c(N)sc3c2CCC3)nc2c(F)cccc21. The van der Waals surface area contributed by atoms with E-state index >= 15 is 0 Å². The first-order chi connectivity index (χ1) is 10.2. The van der Waals surface area contributed by atoms with Crippen LogP contribution in [0.2, 0.25) is 0 Å². The molecule has 0 saturated carbocycles. The third-order valence-electron chi connectivity index (χ3n) is 4.22. The second-order valence-corrected chi connectivity index (χ2v) is 6.52. The normalized spacial score (nSPS) is 14.0. The highest BCUT2D eigenvalue weighted by molar-refractivity contribution is 7.16. The summed E-state index contributed by atoms with van der Waals surface area (Å²) >= 11 is 1.66. The van der Waals surface area contributed by atoms with Crippen LogP contribution in [0.4, 0.5) is 9.39 Å². The van der Waals surface area contributed by atoms with Crippen LogP contribution in [0.3, 0.4) is 0 Å². The molecule has 0 saturated heterocycles. The summed E-state index contributed by atoms with van der Waals surface area (Å²) in [6, 6.07) is 5.11. The number of halogens is 1. The van der Waals surface area contributed by atoms with Crippen LogP contribution in [0, 0.1) is 5.82 Å². The van der Waals surface area contributed by atoms with Crippen molar-refractivity contribution in [2.24, 2.45) is 0 Å². The van der Waals surface area contributed by atoms with Crippen molar-refractivity contribution in [2.75, 3.05) is 5.73 Å². The summed E-state index contributed by atoms with van der Waals surface area (Å²) < 4.78 is 16.1. The van der Waals surface area contributed by atoms with E-state index in [0.29, 0.717) is 5.52 Å². The molecule has 0 atom stereocenters. The third kappa shape index (κ3) is 1.73. The lowest BCUT2D eigenvalue weighted by Crippen LogP contribution is -2.00. The molecule has 3 nitrogen and oxygen atoms in total. The molecule has 3 aromatic rings. The molecule has 0 spiro atoms. The van der Waals surface area contributed by atoms with Crippen molar-refractivity contribution < 1.29 is 4.39 Å². The number of aryl methyl sites for hydroxylation is 2. The van der Waals surface area contributed by atoms with Gasteiger partial charge in [-0.15, -0.1) is 11.3 Å². The summed E-state index contributed by atoms with van der Waals surface area (Å²) in [6.45, 7) is 2.80. The highest BCUT2D eigenvalue weighted by Crippen LogP contribution is 2.43. The number of imidazole rings is 1. The van der Waals surface area contributed by atoms with Gasteiger partial charge in [0.05, 0.1) is 16.1 Å². The Hall–Kier alpha value is -1.88. The number of hydrogen-bond acceptors (Lipinski definition) is 3. The van der Waals surface area contributed by atoms with E-state index in [2.05, 4.69) is 16.5 Å². The first-order valence-corrected chi connectivity index (χ1v) is 8.07. The average Bonchev–Trinajstić information content (AvgIpc) is 3.11. The molecule has 4 rings (SSSR count). The molecule has 2 N–H and O–H groups in total. The highest BCUT2D eigenvalue weighted by atomic mass is 32.1. The Labute approximate surface area is 126 Å².